The monoisotopic (exact) mass is 235 g/mol. The molecule has 1 fully saturated rings. The molecule has 1 aromatic rings. The van der Waals surface area contributed by atoms with Gasteiger partial charge in [-0.3, -0.25) is 0 Å². The van der Waals surface area contributed by atoms with E-state index in [9.17, 15) is 0 Å². The van der Waals surface area contributed by atoms with Crippen LogP contribution < -0.4 is 5.32 Å². The van der Waals surface area contributed by atoms with Crippen LogP contribution in [0.15, 0.2) is 22.8 Å². The predicted octanol–water partition coefficient (Wildman–Crippen LogP) is 3.77. The van der Waals surface area contributed by atoms with Crippen LogP contribution in [0.5, 0.6) is 0 Å². The molecule has 2 nitrogen and oxygen atoms in total. The van der Waals surface area contributed by atoms with E-state index in [2.05, 4.69) is 25.2 Å². The highest BCUT2D eigenvalue weighted by Gasteiger charge is 2.40. The van der Waals surface area contributed by atoms with Crippen molar-refractivity contribution in [2.45, 2.75) is 58.4 Å². The Morgan fingerprint density at radius 2 is 2.29 bits per heavy atom. The number of hydrogen-bond donors (Lipinski definition) is 1. The summed E-state index contributed by atoms with van der Waals surface area (Å²) in [4.78, 5) is 0. The van der Waals surface area contributed by atoms with Crippen molar-refractivity contribution in [3.05, 3.63) is 24.2 Å². The zero-order chi connectivity index (χ0) is 12.1. The van der Waals surface area contributed by atoms with Crippen LogP contribution in [0.25, 0.3) is 0 Å². The smallest absolute Gasteiger partial charge is 0.103 e. The first-order chi connectivity index (χ1) is 8.24. The van der Waals surface area contributed by atoms with Gasteiger partial charge in [0, 0.05) is 19.0 Å². The van der Waals surface area contributed by atoms with Crippen molar-refractivity contribution in [3.63, 3.8) is 0 Å². The molecule has 0 amide bonds. The molecule has 0 saturated heterocycles. The molecule has 1 aromatic heterocycles. The fraction of sp³-hybridized carbons (Fsp3) is 0.733. The number of rotatable bonds is 8. The SMILES string of the molecule is CCCC1(CNC(C)CCc2ccco2)CC1. The van der Waals surface area contributed by atoms with E-state index in [0.717, 1.165) is 18.6 Å². The molecule has 1 heterocycles. The van der Waals surface area contributed by atoms with Crippen molar-refractivity contribution in [1.29, 1.82) is 0 Å². The second-order valence-electron chi connectivity index (χ2n) is 5.65. The van der Waals surface area contributed by atoms with Gasteiger partial charge >= 0.3 is 0 Å². The Hall–Kier alpha value is -0.760. The van der Waals surface area contributed by atoms with Crippen LogP contribution in [0.1, 0.15) is 51.7 Å². The minimum absolute atomic E-state index is 0.592. The molecule has 17 heavy (non-hydrogen) atoms. The van der Waals surface area contributed by atoms with Crippen LogP contribution in [-0.4, -0.2) is 12.6 Å². The summed E-state index contributed by atoms with van der Waals surface area (Å²) >= 11 is 0. The van der Waals surface area contributed by atoms with E-state index in [-0.39, 0.29) is 0 Å². The molecule has 1 saturated carbocycles. The summed E-state index contributed by atoms with van der Waals surface area (Å²) in [6, 6.07) is 4.62. The topological polar surface area (TPSA) is 25.2 Å². The minimum Gasteiger partial charge on any atom is -0.469 e. The standard InChI is InChI=1S/C15H25NO/c1-3-8-15(9-10-15)12-16-13(2)6-7-14-5-4-11-17-14/h4-5,11,13,16H,3,6-10,12H2,1-2H3. The van der Waals surface area contributed by atoms with Gasteiger partial charge in [0.15, 0.2) is 0 Å². The second kappa shape index (κ2) is 5.72. The Morgan fingerprint density at radius 3 is 2.88 bits per heavy atom. The van der Waals surface area contributed by atoms with E-state index in [1.807, 2.05) is 6.07 Å². The zero-order valence-corrected chi connectivity index (χ0v) is 11.2. The molecule has 1 atom stereocenters. The van der Waals surface area contributed by atoms with Gasteiger partial charge in [-0.15, -0.1) is 0 Å². The summed E-state index contributed by atoms with van der Waals surface area (Å²) in [7, 11) is 0. The first kappa shape index (κ1) is 12.7. The van der Waals surface area contributed by atoms with Gasteiger partial charge in [-0.25, -0.2) is 0 Å². The lowest BCUT2D eigenvalue weighted by molar-refractivity contribution is 0.379. The summed E-state index contributed by atoms with van der Waals surface area (Å²) in [5, 5.41) is 3.69. The highest BCUT2D eigenvalue weighted by atomic mass is 16.3. The Labute approximate surface area is 105 Å². The molecule has 0 aromatic carbocycles. The maximum Gasteiger partial charge on any atom is 0.103 e. The third-order valence-electron chi connectivity index (χ3n) is 3.97. The van der Waals surface area contributed by atoms with E-state index >= 15 is 0 Å². The second-order valence-corrected chi connectivity index (χ2v) is 5.65. The van der Waals surface area contributed by atoms with Crippen molar-refractivity contribution in [1.82, 2.24) is 5.32 Å². The Morgan fingerprint density at radius 1 is 1.47 bits per heavy atom. The minimum atomic E-state index is 0.592. The maximum atomic E-state index is 5.35. The molecular formula is C15H25NO. The fourth-order valence-corrected chi connectivity index (χ4v) is 2.53. The van der Waals surface area contributed by atoms with Crippen LogP contribution in [0.3, 0.4) is 0 Å². The lowest BCUT2D eigenvalue weighted by Crippen LogP contribution is -2.32. The molecule has 0 aliphatic heterocycles. The van der Waals surface area contributed by atoms with Gasteiger partial charge in [0.2, 0.25) is 0 Å². The largest absolute Gasteiger partial charge is 0.469 e. The molecule has 96 valence electrons. The third-order valence-corrected chi connectivity index (χ3v) is 3.97. The highest BCUT2D eigenvalue weighted by Crippen LogP contribution is 2.48. The first-order valence-electron chi connectivity index (χ1n) is 7.00. The molecule has 1 unspecified atom stereocenters. The van der Waals surface area contributed by atoms with Crippen LogP contribution in [0.2, 0.25) is 0 Å². The van der Waals surface area contributed by atoms with Gasteiger partial charge in [0.1, 0.15) is 5.76 Å². The van der Waals surface area contributed by atoms with E-state index < -0.39 is 0 Å². The Bertz CT molecular complexity index is 314. The Balaban J connectivity index is 1.62. The number of hydrogen-bond acceptors (Lipinski definition) is 2. The molecule has 1 aliphatic rings. The first-order valence-corrected chi connectivity index (χ1v) is 7.00. The van der Waals surface area contributed by atoms with Gasteiger partial charge in [0.25, 0.3) is 0 Å². The third kappa shape index (κ3) is 3.88. The van der Waals surface area contributed by atoms with Gasteiger partial charge < -0.3 is 9.73 Å². The predicted molar refractivity (Wildman–Crippen MR) is 71.1 cm³/mol. The summed E-state index contributed by atoms with van der Waals surface area (Å²) < 4.78 is 5.35. The lowest BCUT2D eigenvalue weighted by Gasteiger charge is -2.19. The summed E-state index contributed by atoms with van der Waals surface area (Å²) in [6.07, 6.45) is 9.54. The van der Waals surface area contributed by atoms with Crippen molar-refractivity contribution in [2.24, 2.45) is 5.41 Å². The summed E-state index contributed by atoms with van der Waals surface area (Å²) in [6.45, 7) is 5.78. The maximum absolute atomic E-state index is 5.35. The molecule has 1 N–H and O–H groups in total. The van der Waals surface area contributed by atoms with Crippen LogP contribution in [0, 0.1) is 5.41 Å². The molecule has 2 rings (SSSR count). The highest BCUT2D eigenvalue weighted by molar-refractivity contribution is 4.99. The van der Waals surface area contributed by atoms with E-state index in [0.29, 0.717) is 11.5 Å². The van der Waals surface area contributed by atoms with Crippen molar-refractivity contribution < 1.29 is 4.42 Å². The Kier molecular flexibility index (Phi) is 4.27. The fourth-order valence-electron chi connectivity index (χ4n) is 2.53. The van der Waals surface area contributed by atoms with Gasteiger partial charge in [-0.2, -0.15) is 0 Å². The number of aryl methyl sites for hydroxylation is 1. The van der Waals surface area contributed by atoms with Gasteiger partial charge in [0.05, 0.1) is 6.26 Å². The average molecular weight is 235 g/mol. The number of furan rings is 1. The molecule has 2 heteroatoms. The van der Waals surface area contributed by atoms with Crippen molar-refractivity contribution in [2.75, 3.05) is 6.54 Å². The molecule has 0 radical (unpaired) electrons. The van der Waals surface area contributed by atoms with E-state index in [4.69, 9.17) is 4.42 Å². The van der Waals surface area contributed by atoms with Gasteiger partial charge in [-0.1, -0.05) is 13.3 Å². The van der Waals surface area contributed by atoms with E-state index in [1.54, 1.807) is 6.26 Å². The van der Waals surface area contributed by atoms with E-state index in [1.165, 1.54) is 32.2 Å². The lowest BCUT2D eigenvalue weighted by atomic mass is 10.00. The quantitative estimate of drug-likeness (QED) is 0.742. The summed E-state index contributed by atoms with van der Waals surface area (Å²) in [5.74, 6) is 1.10. The van der Waals surface area contributed by atoms with Crippen molar-refractivity contribution >= 4 is 0 Å². The van der Waals surface area contributed by atoms with Gasteiger partial charge in [-0.05, 0) is 50.2 Å². The molecular weight excluding hydrogens is 210 g/mol. The number of nitrogens with one attached hydrogen (secondary N) is 1. The van der Waals surface area contributed by atoms with Crippen LogP contribution in [-0.2, 0) is 6.42 Å². The van der Waals surface area contributed by atoms with Crippen molar-refractivity contribution in [3.8, 4) is 0 Å². The zero-order valence-electron chi connectivity index (χ0n) is 11.2. The molecule has 0 bridgehead atoms. The van der Waals surface area contributed by atoms with Crippen LogP contribution in [0.4, 0.5) is 0 Å². The molecule has 1 aliphatic carbocycles. The summed E-state index contributed by atoms with van der Waals surface area (Å²) in [5.41, 5.74) is 0.660. The normalized spacial score (nSPS) is 19.2. The van der Waals surface area contributed by atoms with Crippen LogP contribution >= 0.6 is 0 Å². The average Bonchev–Trinajstić information content (AvgIpc) is 2.90. The molecule has 0 spiro atoms.